The number of ether oxygens (including phenoxy) is 2. The van der Waals surface area contributed by atoms with Gasteiger partial charge in [0.05, 0.1) is 12.8 Å². The van der Waals surface area contributed by atoms with Gasteiger partial charge in [0.25, 0.3) is 0 Å². The van der Waals surface area contributed by atoms with E-state index in [1.54, 1.807) is 38.3 Å². The van der Waals surface area contributed by atoms with Gasteiger partial charge in [0.2, 0.25) is 0 Å². The molecule has 0 heterocycles. The highest BCUT2D eigenvalue weighted by atomic mass is 79.9. The van der Waals surface area contributed by atoms with Gasteiger partial charge < -0.3 is 14.8 Å². The van der Waals surface area contributed by atoms with Crippen LogP contribution in [-0.2, 0) is 16.2 Å². The first-order valence-electron chi connectivity index (χ1n) is 10.6. The number of hydrogen-bond acceptors (Lipinski definition) is 5. The molecule has 0 aliphatic carbocycles. The van der Waals surface area contributed by atoms with Crippen molar-refractivity contribution in [1.29, 1.82) is 0 Å². The van der Waals surface area contributed by atoms with E-state index in [-0.39, 0.29) is 0 Å². The number of carbonyl (C=O) groups is 2. The van der Waals surface area contributed by atoms with Crippen LogP contribution in [-0.4, -0.2) is 24.6 Å². The van der Waals surface area contributed by atoms with Crippen molar-refractivity contribution in [1.82, 2.24) is 5.43 Å². The molecule has 3 aromatic rings. The van der Waals surface area contributed by atoms with Crippen LogP contribution in [0, 0.1) is 13.8 Å². The predicted octanol–water partition coefficient (Wildman–Crippen LogP) is 5.13. The Bertz CT molecular complexity index is 1240. The van der Waals surface area contributed by atoms with Gasteiger partial charge >= 0.3 is 11.8 Å². The number of hydrogen-bond donors (Lipinski definition) is 2. The highest BCUT2D eigenvalue weighted by molar-refractivity contribution is 9.10. The second-order valence-corrected chi connectivity index (χ2v) is 8.55. The summed E-state index contributed by atoms with van der Waals surface area (Å²) in [6, 6.07) is 18.7. The number of carbonyl (C=O) groups excluding carboxylic acids is 2. The first-order chi connectivity index (χ1) is 16.3. The number of amides is 2. The van der Waals surface area contributed by atoms with Crippen LogP contribution in [0.5, 0.6) is 11.5 Å². The van der Waals surface area contributed by atoms with Crippen molar-refractivity contribution in [2.45, 2.75) is 27.4 Å². The average molecular weight is 524 g/mol. The topological polar surface area (TPSA) is 89.0 Å². The maximum atomic E-state index is 12.2. The zero-order valence-corrected chi connectivity index (χ0v) is 21.0. The molecule has 0 aliphatic rings. The second-order valence-electron chi connectivity index (χ2n) is 7.63. The van der Waals surface area contributed by atoms with Crippen LogP contribution in [0.2, 0.25) is 0 Å². The lowest BCUT2D eigenvalue weighted by Gasteiger charge is -2.13. The van der Waals surface area contributed by atoms with Gasteiger partial charge in [-0.3, -0.25) is 9.59 Å². The molecule has 0 bridgehead atoms. The number of halogens is 1. The monoisotopic (exact) mass is 523 g/mol. The quantitative estimate of drug-likeness (QED) is 0.255. The smallest absolute Gasteiger partial charge is 0.329 e. The van der Waals surface area contributed by atoms with Crippen molar-refractivity contribution >= 4 is 39.1 Å². The summed E-state index contributed by atoms with van der Waals surface area (Å²) in [6.07, 6.45) is 0. The van der Waals surface area contributed by atoms with E-state index in [2.05, 4.69) is 31.8 Å². The third-order valence-corrected chi connectivity index (χ3v) is 5.69. The Morgan fingerprint density at radius 1 is 0.941 bits per heavy atom. The number of nitrogens with one attached hydrogen (secondary N) is 2. The molecule has 0 unspecified atom stereocenters. The Morgan fingerprint density at radius 3 is 2.41 bits per heavy atom. The molecule has 176 valence electrons. The van der Waals surface area contributed by atoms with Crippen molar-refractivity contribution in [3.05, 3.63) is 87.4 Å². The van der Waals surface area contributed by atoms with Crippen LogP contribution in [0.25, 0.3) is 0 Å². The molecule has 0 saturated heterocycles. The molecule has 2 N–H and O–H groups in total. The van der Waals surface area contributed by atoms with E-state index >= 15 is 0 Å². The lowest BCUT2D eigenvalue weighted by atomic mass is 10.1. The summed E-state index contributed by atoms with van der Waals surface area (Å²) >= 11 is 3.36. The minimum Gasteiger partial charge on any atom is -0.493 e. The molecule has 3 aromatic carbocycles. The molecule has 34 heavy (non-hydrogen) atoms. The van der Waals surface area contributed by atoms with Crippen LogP contribution in [0.1, 0.15) is 29.2 Å². The molecule has 7 nitrogen and oxygen atoms in total. The van der Waals surface area contributed by atoms with Crippen molar-refractivity contribution < 1.29 is 19.1 Å². The summed E-state index contributed by atoms with van der Waals surface area (Å²) in [5.74, 6) is -0.544. The summed E-state index contributed by atoms with van der Waals surface area (Å²) < 4.78 is 12.3. The van der Waals surface area contributed by atoms with Gasteiger partial charge in [0.15, 0.2) is 11.5 Å². The maximum absolute atomic E-state index is 12.2. The molecular weight excluding hydrogens is 498 g/mol. The van der Waals surface area contributed by atoms with Crippen molar-refractivity contribution in [2.24, 2.45) is 5.10 Å². The van der Waals surface area contributed by atoms with Gasteiger partial charge in [0, 0.05) is 15.7 Å². The van der Waals surface area contributed by atoms with E-state index in [1.165, 1.54) is 0 Å². The zero-order valence-electron chi connectivity index (χ0n) is 19.4. The molecule has 0 radical (unpaired) electrons. The average Bonchev–Trinajstić information content (AvgIpc) is 2.83. The van der Waals surface area contributed by atoms with Crippen LogP contribution in [0.4, 0.5) is 5.69 Å². The lowest BCUT2D eigenvalue weighted by Crippen LogP contribution is -2.33. The third-order valence-electron chi connectivity index (χ3n) is 5.19. The highest BCUT2D eigenvalue weighted by Crippen LogP contribution is 2.29. The Balaban J connectivity index is 1.64. The van der Waals surface area contributed by atoms with E-state index in [9.17, 15) is 9.59 Å². The van der Waals surface area contributed by atoms with Crippen LogP contribution >= 0.6 is 15.9 Å². The summed E-state index contributed by atoms with van der Waals surface area (Å²) in [4.78, 5) is 24.4. The number of benzene rings is 3. The van der Waals surface area contributed by atoms with E-state index < -0.39 is 11.8 Å². The summed E-state index contributed by atoms with van der Waals surface area (Å²) in [7, 11) is 1.56. The number of methoxy groups -OCH3 is 1. The summed E-state index contributed by atoms with van der Waals surface area (Å²) in [6.45, 7) is 6.01. The molecule has 0 aliphatic heterocycles. The standard InChI is InChI=1S/C26H26BrN3O4/c1-16-7-5-6-8-20(16)15-34-23-12-9-19(14-24(23)33-4)18(3)29-30-26(32)25(31)28-22-11-10-21(27)13-17(22)2/h5-14H,15H2,1-4H3,(H,28,31)(H,30,32). The first-order valence-corrected chi connectivity index (χ1v) is 11.3. The van der Waals surface area contributed by atoms with Crippen molar-refractivity contribution in [3.63, 3.8) is 0 Å². The number of nitrogens with zero attached hydrogens (tertiary/aromatic N) is 1. The molecule has 0 fully saturated rings. The number of aryl methyl sites for hydroxylation is 2. The largest absolute Gasteiger partial charge is 0.493 e. The Kier molecular flexibility index (Phi) is 8.43. The Labute approximate surface area is 207 Å². The van der Waals surface area contributed by atoms with Gasteiger partial charge in [-0.1, -0.05) is 40.2 Å². The highest BCUT2D eigenvalue weighted by Gasteiger charge is 2.15. The number of anilines is 1. The molecule has 8 heteroatoms. The third kappa shape index (κ3) is 6.45. The normalized spacial score (nSPS) is 11.0. The SMILES string of the molecule is COc1cc(C(C)=NNC(=O)C(=O)Nc2ccc(Br)cc2C)ccc1OCc1ccccc1C. The van der Waals surface area contributed by atoms with E-state index in [1.807, 2.05) is 50.2 Å². The Morgan fingerprint density at radius 2 is 1.71 bits per heavy atom. The van der Waals surface area contributed by atoms with Gasteiger partial charge in [-0.15, -0.1) is 0 Å². The molecule has 2 amide bonds. The van der Waals surface area contributed by atoms with Crippen LogP contribution < -0.4 is 20.2 Å². The number of rotatable bonds is 7. The minimum absolute atomic E-state index is 0.415. The molecule has 0 spiro atoms. The Hall–Kier alpha value is -3.65. The van der Waals surface area contributed by atoms with Crippen molar-refractivity contribution in [2.75, 3.05) is 12.4 Å². The van der Waals surface area contributed by atoms with Gasteiger partial charge in [-0.2, -0.15) is 5.10 Å². The second kappa shape index (κ2) is 11.5. The first kappa shape index (κ1) is 25.0. The van der Waals surface area contributed by atoms with Gasteiger partial charge in [-0.25, -0.2) is 5.43 Å². The van der Waals surface area contributed by atoms with E-state index in [4.69, 9.17) is 9.47 Å². The van der Waals surface area contributed by atoms with E-state index in [0.717, 1.165) is 21.2 Å². The fraction of sp³-hybridized carbons (Fsp3) is 0.192. The lowest BCUT2D eigenvalue weighted by molar-refractivity contribution is -0.136. The van der Waals surface area contributed by atoms with Crippen molar-refractivity contribution in [3.8, 4) is 11.5 Å². The summed E-state index contributed by atoms with van der Waals surface area (Å²) in [5.41, 5.74) is 7.12. The van der Waals surface area contributed by atoms with Crippen LogP contribution in [0.3, 0.4) is 0 Å². The maximum Gasteiger partial charge on any atom is 0.329 e. The van der Waals surface area contributed by atoms with Crippen LogP contribution in [0.15, 0.2) is 70.2 Å². The molecule has 0 atom stereocenters. The zero-order chi connectivity index (χ0) is 24.7. The van der Waals surface area contributed by atoms with Gasteiger partial charge in [-0.05, 0) is 73.9 Å². The molecule has 3 rings (SSSR count). The molecule has 0 aromatic heterocycles. The fourth-order valence-electron chi connectivity index (χ4n) is 3.14. The van der Waals surface area contributed by atoms with E-state index in [0.29, 0.717) is 35.1 Å². The minimum atomic E-state index is -0.869. The molecule has 0 saturated carbocycles. The van der Waals surface area contributed by atoms with Gasteiger partial charge in [0.1, 0.15) is 6.61 Å². The summed E-state index contributed by atoms with van der Waals surface area (Å²) in [5, 5.41) is 6.64. The predicted molar refractivity (Wildman–Crippen MR) is 136 cm³/mol. The molecular formula is C26H26BrN3O4. The fourth-order valence-corrected chi connectivity index (χ4v) is 3.61. The number of hydrazone groups is 1.